The Kier molecular flexibility index (Phi) is 6.02. The summed E-state index contributed by atoms with van der Waals surface area (Å²) < 4.78 is 7.54. The molecule has 1 aromatic heterocycles. The molecule has 33 heavy (non-hydrogen) atoms. The van der Waals surface area contributed by atoms with Crippen LogP contribution in [-0.2, 0) is 20.0 Å². The number of carbonyl (C=O) groups excluding carboxylic acids is 1. The summed E-state index contributed by atoms with van der Waals surface area (Å²) in [6, 6.07) is 14.0. The van der Waals surface area contributed by atoms with Crippen LogP contribution in [0.25, 0.3) is 0 Å². The van der Waals surface area contributed by atoms with Gasteiger partial charge in [0.25, 0.3) is 5.91 Å². The second-order valence-electron chi connectivity index (χ2n) is 8.75. The maximum atomic E-state index is 13.3. The Balaban J connectivity index is 1.24. The molecule has 0 spiro atoms. The predicted octanol–water partition coefficient (Wildman–Crippen LogP) is 2.42. The number of nitrogens with zero attached hydrogens (tertiary/aromatic N) is 4. The van der Waals surface area contributed by atoms with Crippen LogP contribution in [0.4, 0.5) is 11.4 Å². The Bertz CT molecular complexity index is 1140. The third-order valence-electron chi connectivity index (χ3n) is 6.22. The molecule has 8 nitrogen and oxygen atoms in total. The van der Waals surface area contributed by atoms with Gasteiger partial charge in [-0.3, -0.25) is 14.4 Å². The Labute approximate surface area is 193 Å². The van der Waals surface area contributed by atoms with Crippen LogP contribution in [-0.4, -0.2) is 69.5 Å². The second kappa shape index (κ2) is 9.25. The number of hydrogen-bond donors (Lipinski definition) is 2. The summed E-state index contributed by atoms with van der Waals surface area (Å²) in [7, 11) is 1.85. The van der Waals surface area contributed by atoms with Gasteiger partial charge in [0.05, 0.1) is 30.1 Å². The first kappa shape index (κ1) is 21.5. The lowest BCUT2D eigenvalue weighted by Crippen LogP contribution is -2.44. The van der Waals surface area contributed by atoms with Crippen molar-refractivity contribution >= 4 is 17.3 Å². The Morgan fingerprint density at radius 2 is 1.97 bits per heavy atom. The number of aromatic nitrogens is 2. The molecule has 1 amide bonds. The molecule has 2 N–H and O–H groups in total. The summed E-state index contributed by atoms with van der Waals surface area (Å²) in [5, 5.41) is 18.2. The Morgan fingerprint density at radius 3 is 2.79 bits per heavy atom. The van der Waals surface area contributed by atoms with Gasteiger partial charge in [0.15, 0.2) is 0 Å². The molecule has 0 unspecified atom stereocenters. The summed E-state index contributed by atoms with van der Waals surface area (Å²) in [6.45, 7) is 3.40. The smallest absolute Gasteiger partial charge is 0.257 e. The number of β-amino-alcohol motifs (C(OH)–C–C–N with tert-alkyl or cyclic N) is 1. The van der Waals surface area contributed by atoms with Gasteiger partial charge in [0.1, 0.15) is 12.4 Å². The fraction of sp³-hybridized carbons (Fsp3) is 0.360. The van der Waals surface area contributed by atoms with E-state index in [4.69, 9.17) is 4.74 Å². The first-order valence-corrected chi connectivity index (χ1v) is 11.3. The van der Waals surface area contributed by atoms with Gasteiger partial charge < -0.3 is 20.1 Å². The number of aliphatic hydroxyl groups excluding tert-OH is 1. The molecule has 0 aliphatic carbocycles. The van der Waals surface area contributed by atoms with Crippen molar-refractivity contribution in [3.05, 3.63) is 71.5 Å². The molecule has 2 aliphatic rings. The number of aliphatic hydroxyl groups is 1. The topological polar surface area (TPSA) is 82.9 Å². The third-order valence-corrected chi connectivity index (χ3v) is 6.22. The van der Waals surface area contributed by atoms with Crippen LogP contribution in [0.1, 0.15) is 21.5 Å². The number of carbonyl (C=O) groups is 1. The van der Waals surface area contributed by atoms with Crippen molar-refractivity contribution in [3.63, 3.8) is 0 Å². The molecule has 5 rings (SSSR count). The Morgan fingerprint density at radius 1 is 1.12 bits per heavy atom. The van der Waals surface area contributed by atoms with Gasteiger partial charge in [0, 0.05) is 45.1 Å². The lowest BCUT2D eigenvalue weighted by Gasteiger charge is -2.32. The van der Waals surface area contributed by atoms with Crippen LogP contribution >= 0.6 is 0 Å². The highest BCUT2D eigenvalue weighted by atomic mass is 16.5. The average Bonchev–Trinajstić information content (AvgIpc) is 3.16. The molecular formula is C25H29N5O3. The molecule has 1 atom stereocenters. The number of nitrogens with one attached hydrogen (secondary N) is 1. The number of anilines is 2. The molecule has 3 aromatic rings. The normalized spacial score (nSPS) is 17.0. The van der Waals surface area contributed by atoms with E-state index < -0.39 is 6.10 Å². The molecular weight excluding hydrogens is 418 g/mol. The van der Waals surface area contributed by atoms with Gasteiger partial charge in [-0.2, -0.15) is 5.10 Å². The van der Waals surface area contributed by atoms with Crippen molar-refractivity contribution in [2.45, 2.75) is 19.1 Å². The molecule has 3 heterocycles. The molecule has 2 aliphatic heterocycles. The van der Waals surface area contributed by atoms with Gasteiger partial charge in [-0.25, -0.2) is 0 Å². The summed E-state index contributed by atoms with van der Waals surface area (Å²) >= 11 is 0. The number of rotatable bonds is 6. The highest BCUT2D eigenvalue weighted by molar-refractivity contribution is 5.98. The minimum absolute atomic E-state index is 0.125. The molecule has 2 aromatic carbocycles. The van der Waals surface area contributed by atoms with Crippen LogP contribution in [0.2, 0.25) is 0 Å². The molecule has 0 radical (unpaired) electrons. The highest BCUT2D eigenvalue weighted by Crippen LogP contribution is 2.28. The molecule has 8 heteroatoms. The van der Waals surface area contributed by atoms with E-state index in [9.17, 15) is 9.90 Å². The van der Waals surface area contributed by atoms with Crippen molar-refractivity contribution in [2.75, 3.05) is 38.1 Å². The maximum Gasteiger partial charge on any atom is 0.257 e. The van der Waals surface area contributed by atoms with Crippen LogP contribution < -0.4 is 10.1 Å². The van der Waals surface area contributed by atoms with Crippen molar-refractivity contribution in [1.29, 1.82) is 0 Å². The van der Waals surface area contributed by atoms with Crippen molar-refractivity contribution in [3.8, 4) is 5.75 Å². The Hall–Kier alpha value is -3.36. The van der Waals surface area contributed by atoms with Gasteiger partial charge in [-0.05, 0) is 35.7 Å². The van der Waals surface area contributed by atoms with E-state index in [1.54, 1.807) is 21.8 Å². The number of fused-ring (bicyclic) bond motifs is 2. The lowest BCUT2D eigenvalue weighted by atomic mass is 10.00. The third kappa shape index (κ3) is 4.86. The van der Waals surface area contributed by atoms with Crippen LogP contribution in [0, 0.1) is 0 Å². The van der Waals surface area contributed by atoms with E-state index in [0.717, 1.165) is 30.9 Å². The van der Waals surface area contributed by atoms with E-state index >= 15 is 0 Å². The summed E-state index contributed by atoms with van der Waals surface area (Å²) in [5.41, 5.74) is 4.83. The summed E-state index contributed by atoms with van der Waals surface area (Å²) in [4.78, 5) is 17.3. The molecule has 0 bridgehead atoms. The van der Waals surface area contributed by atoms with Crippen molar-refractivity contribution in [2.24, 2.45) is 7.05 Å². The van der Waals surface area contributed by atoms with Gasteiger partial charge in [0.2, 0.25) is 0 Å². The van der Waals surface area contributed by atoms with Gasteiger partial charge >= 0.3 is 0 Å². The van der Waals surface area contributed by atoms with E-state index in [2.05, 4.69) is 39.6 Å². The lowest BCUT2D eigenvalue weighted by molar-refractivity contribution is 0.0501. The standard InChI is InChI=1S/C25H29N5O3/c1-28-15-21(13-26-28)27-20-6-7-24-23(12-20)25(32)30(10-11-33-24)17-22(31)16-29-9-8-18-4-2-3-5-19(18)14-29/h2-7,12-13,15,22,27,31H,8-11,14,16-17H2,1H3/t22-/m0/s1. The number of benzene rings is 2. The number of amides is 1. The van der Waals surface area contributed by atoms with E-state index in [-0.39, 0.29) is 12.5 Å². The number of hydrogen-bond acceptors (Lipinski definition) is 6. The fourth-order valence-electron chi connectivity index (χ4n) is 4.59. The summed E-state index contributed by atoms with van der Waals surface area (Å²) in [6.07, 6.45) is 3.95. The number of aryl methyl sites for hydroxylation is 1. The molecule has 0 saturated carbocycles. The predicted molar refractivity (Wildman–Crippen MR) is 126 cm³/mol. The SMILES string of the molecule is Cn1cc(Nc2ccc3c(c2)C(=O)N(C[C@@H](O)CN2CCc4ccccc4C2)CCO3)cn1. The van der Waals surface area contributed by atoms with Gasteiger partial charge in [-0.15, -0.1) is 0 Å². The van der Waals surface area contributed by atoms with Crippen LogP contribution in [0.5, 0.6) is 5.75 Å². The zero-order valence-corrected chi connectivity index (χ0v) is 18.8. The zero-order valence-electron chi connectivity index (χ0n) is 18.8. The van der Waals surface area contributed by atoms with E-state index in [1.807, 2.05) is 25.4 Å². The largest absolute Gasteiger partial charge is 0.491 e. The van der Waals surface area contributed by atoms with Crippen LogP contribution in [0.15, 0.2) is 54.9 Å². The molecule has 0 fully saturated rings. The zero-order chi connectivity index (χ0) is 22.8. The van der Waals surface area contributed by atoms with Gasteiger partial charge in [-0.1, -0.05) is 24.3 Å². The summed E-state index contributed by atoms with van der Waals surface area (Å²) in [5.74, 6) is 0.446. The monoisotopic (exact) mass is 447 g/mol. The van der Waals surface area contributed by atoms with Crippen molar-refractivity contribution < 1.29 is 14.6 Å². The quantitative estimate of drug-likeness (QED) is 0.604. The number of ether oxygens (including phenoxy) is 1. The molecule has 0 saturated heterocycles. The van der Waals surface area contributed by atoms with E-state index in [1.165, 1.54) is 11.1 Å². The second-order valence-corrected chi connectivity index (χ2v) is 8.75. The first-order chi connectivity index (χ1) is 16.0. The first-order valence-electron chi connectivity index (χ1n) is 11.3. The minimum atomic E-state index is -0.627. The average molecular weight is 448 g/mol. The highest BCUT2D eigenvalue weighted by Gasteiger charge is 2.27. The maximum absolute atomic E-state index is 13.3. The fourth-order valence-corrected chi connectivity index (χ4v) is 4.59. The molecule has 172 valence electrons. The van der Waals surface area contributed by atoms with E-state index in [0.29, 0.717) is 31.0 Å². The van der Waals surface area contributed by atoms with Crippen molar-refractivity contribution in [1.82, 2.24) is 19.6 Å². The minimum Gasteiger partial charge on any atom is -0.491 e. The van der Waals surface area contributed by atoms with Crippen LogP contribution in [0.3, 0.4) is 0 Å².